The Hall–Kier alpha value is -1.51. The molecule has 1 N–H and O–H groups in total. The normalized spacial score (nSPS) is 19.3. The van der Waals surface area contributed by atoms with Gasteiger partial charge in [-0.15, -0.1) is 0 Å². The molecular formula is C17H24O3. The van der Waals surface area contributed by atoms with Crippen molar-refractivity contribution in [3.05, 3.63) is 22.8 Å². The second-order valence-electron chi connectivity index (χ2n) is 7.05. The number of benzene rings is 1. The molecule has 0 spiro atoms. The predicted octanol–water partition coefficient (Wildman–Crippen LogP) is 3.95. The van der Waals surface area contributed by atoms with Gasteiger partial charge in [-0.05, 0) is 36.7 Å². The average molecular weight is 276 g/mol. The lowest BCUT2D eigenvalue weighted by molar-refractivity contribution is 0.101. The maximum absolute atomic E-state index is 11.8. The largest absolute Gasteiger partial charge is 0.507 e. The van der Waals surface area contributed by atoms with Crippen LogP contribution in [0.1, 0.15) is 68.9 Å². The number of aromatic hydroxyl groups is 1. The summed E-state index contributed by atoms with van der Waals surface area (Å²) >= 11 is 0. The second kappa shape index (κ2) is 4.51. The lowest BCUT2D eigenvalue weighted by atomic mass is 9.62. The van der Waals surface area contributed by atoms with Gasteiger partial charge in [0.05, 0.1) is 12.7 Å². The first kappa shape index (κ1) is 14.9. The van der Waals surface area contributed by atoms with E-state index in [1.54, 1.807) is 13.2 Å². The number of phenolic OH excluding ortho intramolecular Hbond substituents is 1. The molecule has 0 aliphatic heterocycles. The molecule has 3 heteroatoms. The highest BCUT2D eigenvalue weighted by Gasteiger charge is 2.42. The highest BCUT2D eigenvalue weighted by atomic mass is 16.5. The molecule has 0 saturated heterocycles. The van der Waals surface area contributed by atoms with E-state index in [-0.39, 0.29) is 22.4 Å². The van der Waals surface area contributed by atoms with Crippen molar-refractivity contribution >= 4 is 5.78 Å². The molecule has 0 bridgehead atoms. The summed E-state index contributed by atoms with van der Waals surface area (Å²) < 4.78 is 5.52. The third kappa shape index (κ3) is 2.09. The van der Waals surface area contributed by atoms with E-state index in [1.807, 2.05) is 0 Å². The van der Waals surface area contributed by atoms with Crippen molar-refractivity contribution in [3.8, 4) is 11.5 Å². The summed E-state index contributed by atoms with van der Waals surface area (Å²) in [6.07, 6.45) is 2.01. The Bertz CT molecular complexity index is 568. The van der Waals surface area contributed by atoms with Crippen LogP contribution in [0.5, 0.6) is 11.5 Å². The highest BCUT2D eigenvalue weighted by Crippen LogP contribution is 2.53. The monoisotopic (exact) mass is 276 g/mol. The van der Waals surface area contributed by atoms with Crippen molar-refractivity contribution in [1.82, 2.24) is 0 Å². The number of hydrogen-bond donors (Lipinski definition) is 1. The standard InChI is InChI=1S/C17H24O3/c1-10(18)11-9-12(20-6)13-14(15(11)19)17(4,5)8-7-16(13,2)3/h9,19H,7-8H2,1-6H3. The maximum Gasteiger partial charge on any atom is 0.163 e. The number of phenols is 1. The summed E-state index contributed by atoms with van der Waals surface area (Å²) in [5, 5.41) is 10.6. The van der Waals surface area contributed by atoms with E-state index in [0.717, 1.165) is 24.0 Å². The molecule has 0 radical (unpaired) electrons. The number of ketones is 1. The third-order valence-electron chi connectivity index (χ3n) is 4.59. The molecule has 20 heavy (non-hydrogen) atoms. The van der Waals surface area contributed by atoms with Crippen LogP contribution in [0.3, 0.4) is 0 Å². The summed E-state index contributed by atoms with van der Waals surface area (Å²) in [6, 6.07) is 1.68. The number of rotatable bonds is 2. The molecule has 1 aromatic carbocycles. The number of carbonyl (C=O) groups is 1. The zero-order valence-electron chi connectivity index (χ0n) is 13.3. The number of methoxy groups -OCH3 is 1. The minimum atomic E-state index is -0.159. The van der Waals surface area contributed by atoms with Gasteiger partial charge in [-0.25, -0.2) is 0 Å². The van der Waals surface area contributed by atoms with E-state index in [0.29, 0.717) is 11.3 Å². The van der Waals surface area contributed by atoms with Crippen LogP contribution in [0.2, 0.25) is 0 Å². The van der Waals surface area contributed by atoms with Gasteiger partial charge in [0.1, 0.15) is 11.5 Å². The summed E-state index contributed by atoms with van der Waals surface area (Å²) in [5.41, 5.74) is 2.04. The summed E-state index contributed by atoms with van der Waals surface area (Å²) in [4.78, 5) is 11.8. The first-order valence-electron chi connectivity index (χ1n) is 7.07. The molecule has 0 unspecified atom stereocenters. The fourth-order valence-electron chi connectivity index (χ4n) is 3.28. The van der Waals surface area contributed by atoms with E-state index < -0.39 is 0 Å². The molecule has 1 aromatic rings. The van der Waals surface area contributed by atoms with Crippen LogP contribution in [-0.2, 0) is 10.8 Å². The molecule has 0 fully saturated rings. The molecule has 0 heterocycles. The summed E-state index contributed by atoms with van der Waals surface area (Å²) in [7, 11) is 1.62. The summed E-state index contributed by atoms with van der Waals surface area (Å²) in [6.45, 7) is 10.0. The van der Waals surface area contributed by atoms with Gasteiger partial charge in [0.2, 0.25) is 0 Å². The molecule has 1 aliphatic carbocycles. The van der Waals surface area contributed by atoms with Gasteiger partial charge in [0.15, 0.2) is 5.78 Å². The molecule has 0 atom stereocenters. The molecule has 0 saturated carbocycles. The van der Waals surface area contributed by atoms with Crippen LogP contribution in [-0.4, -0.2) is 18.0 Å². The SMILES string of the molecule is COc1cc(C(C)=O)c(O)c2c1C(C)(C)CCC2(C)C. The number of Topliss-reactive ketones (excluding diaryl/α,β-unsaturated/α-hetero) is 1. The maximum atomic E-state index is 11.8. The van der Waals surface area contributed by atoms with Crippen LogP contribution in [0.25, 0.3) is 0 Å². The quantitative estimate of drug-likeness (QED) is 0.832. The molecule has 1 aliphatic rings. The Morgan fingerprint density at radius 3 is 2.10 bits per heavy atom. The predicted molar refractivity (Wildman–Crippen MR) is 79.9 cm³/mol. The number of hydrogen-bond acceptors (Lipinski definition) is 3. The Morgan fingerprint density at radius 1 is 1.15 bits per heavy atom. The Balaban J connectivity index is 2.90. The fraction of sp³-hybridized carbons (Fsp3) is 0.588. The summed E-state index contributed by atoms with van der Waals surface area (Å²) in [5.74, 6) is 0.703. The molecule has 0 aromatic heterocycles. The van der Waals surface area contributed by atoms with Crippen LogP contribution >= 0.6 is 0 Å². The van der Waals surface area contributed by atoms with Gasteiger partial charge in [0, 0.05) is 11.1 Å². The van der Waals surface area contributed by atoms with Gasteiger partial charge in [-0.1, -0.05) is 27.7 Å². The first-order valence-corrected chi connectivity index (χ1v) is 7.07. The number of ether oxygens (including phenoxy) is 1. The fourth-order valence-corrected chi connectivity index (χ4v) is 3.28. The van der Waals surface area contributed by atoms with E-state index in [2.05, 4.69) is 27.7 Å². The van der Waals surface area contributed by atoms with Gasteiger partial charge >= 0.3 is 0 Å². The Labute approximate surface area is 121 Å². The molecule has 2 rings (SSSR count). The lowest BCUT2D eigenvalue weighted by Gasteiger charge is -2.43. The van der Waals surface area contributed by atoms with Crippen molar-refractivity contribution in [1.29, 1.82) is 0 Å². The average Bonchev–Trinajstić information content (AvgIpc) is 2.34. The lowest BCUT2D eigenvalue weighted by Crippen LogP contribution is -2.34. The number of carbonyl (C=O) groups excluding carboxylic acids is 1. The smallest absolute Gasteiger partial charge is 0.163 e. The molecule has 0 amide bonds. The Morgan fingerprint density at radius 2 is 1.65 bits per heavy atom. The van der Waals surface area contributed by atoms with Crippen LogP contribution in [0, 0.1) is 0 Å². The van der Waals surface area contributed by atoms with Crippen molar-refractivity contribution in [2.75, 3.05) is 7.11 Å². The van der Waals surface area contributed by atoms with Crippen molar-refractivity contribution < 1.29 is 14.6 Å². The van der Waals surface area contributed by atoms with E-state index in [4.69, 9.17) is 4.74 Å². The van der Waals surface area contributed by atoms with E-state index >= 15 is 0 Å². The minimum Gasteiger partial charge on any atom is -0.507 e. The molecular weight excluding hydrogens is 252 g/mol. The van der Waals surface area contributed by atoms with Crippen LogP contribution < -0.4 is 4.74 Å². The molecule has 110 valence electrons. The van der Waals surface area contributed by atoms with Crippen molar-refractivity contribution in [3.63, 3.8) is 0 Å². The van der Waals surface area contributed by atoms with Crippen molar-refractivity contribution in [2.45, 2.75) is 58.3 Å². The third-order valence-corrected chi connectivity index (χ3v) is 4.59. The minimum absolute atomic E-state index is 0.0665. The Kier molecular flexibility index (Phi) is 3.35. The second-order valence-corrected chi connectivity index (χ2v) is 7.05. The van der Waals surface area contributed by atoms with E-state index in [1.165, 1.54) is 6.92 Å². The zero-order chi connectivity index (χ0) is 15.3. The zero-order valence-corrected chi connectivity index (χ0v) is 13.3. The molecule has 3 nitrogen and oxygen atoms in total. The van der Waals surface area contributed by atoms with Gasteiger partial charge in [0.25, 0.3) is 0 Å². The highest BCUT2D eigenvalue weighted by molar-refractivity contribution is 5.98. The topological polar surface area (TPSA) is 46.5 Å². The van der Waals surface area contributed by atoms with Crippen LogP contribution in [0.15, 0.2) is 6.07 Å². The van der Waals surface area contributed by atoms with Gasteiger partial charge in [-0.2, -0.15) is 0 Å². The number of fused-ring (bicyclic) bond motifs is 1. The van der Waals surface area contributed by atoms with Gasteiger partial charge < -0.3 is 9.84 Å². The van der Waals surface area contributed by atoms with Gasteiger partial charge in [-0.3, -0.25) is 4.79 Å². The van der Waals surface area contributed by atoms with Crippen LogP contribution in [0.4, 0.5) is 0 Å². The first-order chi connectivity index (χ1) is 9.12. The van der Waals surface area contributed by atoms with E-state index in [9.17, 15) is 9.90 Å². The van der Waals surface area contributed by atoms with Crippen molar-refractivity contribution in [2.24, 2.45) is 0 Å².